The molecule has 17 heavy (non-hydrogen) atoms. The van der Waals surface area contributed by atoms with Gasteiger partial charge in [-0.2, -0.15) is 0 Å². The van der Waals surface area contributed by atoms with Crippen molar-refractivity contribution in [3.63, 3.8) is 0 Å². The highest BCUT2D eigenvalue weighted by Gasteiger charge is 2.19. The molecule has 0 aliphatic carbocycles. The molecular weight excluding hydrogens is 208 g/mol. The van der Waals surface area contributed by atoms with E-state index in [2.05, 4.69) is 64.0 Å². The first-order valence-corrected chi connectivity index (χ1v) is 6.32. The number of nitrogens with two attached hydrogens (primary N) is 1. The van der Waals surface area contributed by atoms with Crippen molar-refractivity contribution < 1.29 is 0 Å². The zero-order chi connectivity index (χ0) is 13.1. The van der Waals surface area contributed by atoms with E-state index in [1.165, 1.54) is 11.1 Å². The molecule has 0 fully saturated rings. The molecule has 0 amide bonds. The summed E-state index contributed by atoms with van der Waals surface area (Å²) < 4.78 is 0. The number of hydrogen-bond acceptors (Lipinski definition) is 2. The van der Waals surface area contributed by atoms with Crippen molar-refractivity contribution in [2.75, 3.05) is 14.1 Å². The third-order valence-electron chi connectivity index (χ3n) is 3.23. The summed E-state index contributed by atoms with van der Waals surface area (Å²) in [5.74, 6) is 0. The van der Waals surface area contributed by atoms with Gasteiger partial charge in [-0.25, -0.2) is 0 Å². The summed E-state index contributed by atoms with van der Waals surface area (Å²) in [6.45, 7) is 6.37. The molecule has 0 spiro atoms. The lowest BCUT2D eigenvalue weighted by Gasteiger charge is -2.29. The smallest absolute Gasteiger partial charge is 0.0345 e. The van der Waals surface area contributed by atoms with Crippen molar-refractivity contribution in [3.8, 4) is 0 Å². The molecule has 0 heterocycles. The van der Waals surface area contributed by atoms with E-state index in [0.717, 1.165) is 12.8 Å². The number of benzene rings is 1. The summed E-state index contributed by atoms with van der Waals surface area (Å²) in [5, 5.41) is 0. The molecule has 0 aliphatic heterocycles. The highest BCUT2D eigenvalue weighted by atomic mass is 15.1. The lowest BCUT2D eigenvalue weighted by Crippen LogP contribution is -2.33. The van der Waals surface area contributed by atoms with Crippen LogP contribution < -0.4 is 5.73 Å². The van der Waals surface area contributed by atoms with Gasteiger partial charge >= 0.3 is 0 Å². The Morgan fingerprint density at radius 2 is 1.82 bits per heavy atom. The van der Waals surface area contributed by atoms with Crippen molar-refractivity contribution in [3.05, 3.63) is 35.4 Å². The minimum Gasteiger partial charge on any atom is -0.326 e. The van der Waals surface area contributed by atoms with Gasteiger partial charge in [0.25, 0.3) is 0 Å². The van der Waals surface area contributed by atoms with Gasteiger partial charge < -0.3 is 10.6 Å². The van der Waals surface area contributed by atoms with Crippen LogP contribution in [0.5, 0.6) is 0 Å². The van der Waals surface area contributed by atoms with Gasteiger partial charge in [-0.05, 0) is 58.8 Å². The quantitative estimate of drug-likeness (QED) is 0.848. The predicted molar refractivity (Wildman–Crippen MR) is 75.1 cm³/mol. The van der Waals surface area contributed by atoms with E-state index in [4.69, 9.17) is 5.73 Å². The van der Waals surface area contributed by atoms with E-state index in [1.54, 1.807) is 0 Å². The maximum Gasteiger partial charge on any atom is 0.0345 e. The van der Waals surface area contributed by atoms with Gasteiger partial charge in [0.1, 0.15) is 0 Å². The lowest BCUT2D eigenvalue weighted by atomic mass is 9.91. The fourth-order valence-corrected chi connectivity index (χ4v) is 2.16. The zero-order valence-corrected chi connectivity index (χ0v) is 11.8. The maximum absolute atomic E-state index is 6.08. The third kappa shape index (κ3) is 4.49. The van der Waals surface area contributed by atoms with Gasteiger partial charge in [0, 0.05) is 11.6 Å². The van der Waals surface area contributed by atoms with E-state index < -0.39 is 0 Å². The Bertz CT molecular complexity index is 350. The molecule has 2 N–H and O–H groups in total. The van der Waals surface area contributed by atoms with E-state index in [1.807, 2.05) is 0 Å². The van der Waals surface area contributed by atoms with Crippen LogP contribution in [0.2, 0.25) is 0 Å². The first-order chi connectivity index (χ1) is 7.81. The predicted octanol–water partition coefficient (Wildman–Crippen LogP) is 3.12. The Morgan fingerprint density at radius 3 is 2.29 bits per heavy atom. The SMILES string of the molecule is Cc1ccccc1C(CCC(C)(C)N)N(C)C. The van der Waals surface area contributed by atoms with Gasteiger partial charge in [-0.15, -0.1) is 0 Å². The first-order valence-electron chi connectivity index (χ1n) is 6.32. The van der Waals surface area contributed by atoms with Gasteiger partial charge in [0.05, 0.1) is 0 Å². The van der Waals surface area contributed by atoms with Crippen LogP contribution in [0.3, 0.4) is 0 Å². The summed E-state index contributed by atoms with van der Waals surface area (Å²) in [7, 11) is 4.28. The molecular formula is C15H26N2. The Balaban J connectivity index is 2.84. The van der Waals surface area contributed by atoms with Crippen LogP contribution >= 0.6 is 0 Å². The summed E-state index contributed by atoms with van der Waals surface area (Å²) >= 11 is 0. The number of aryl methyl sites for hydroxylation is 1. The molecule has 2 nitrogen and oxygen atoms in total. The van der Waals surface area contributed by atoms with Crippen LogP contribution in [0, 0.1) is 6.92 Å². The van der Waals surface area contributed by atoms with Crippen LogP contribution in [-0.2, 0) is 0 Å². The fraction of sp³-hybridized carbons (Fsp3) is 0.600. The lowest BCUT2D eigenvalue weighted by molar-refractivity contribution is 0.261. The molecule has 0 saturated heterocycles. The first kappa shape index (κ1) is 14.2. The molecule has 1 unspecified atom stereocenters. The summed E-state index contributed by atoms with van der Waals surface area (Å²) in [5.41, 5.74) is 8.78. The van der Waals surface area contributed by atoms with E-state index in [-0.39, 0.29) is 5.54 Å². The average Bonchev–Trinajstić information content (AvgIpc) is 2.18. The number of rotatable bonds is 5. The maximum atomic E-state index is 6.08. The van der Waals surface area contributed by atoms with E-state index in [0.29, 0.717) is 6.04 Å². The summed E-state index contributed by atoms with van der Waals surface area (Å²) in [4.78, 5) is 2.29. The topological polar surface area (TPSA) is 29.3 Å². The third-order valence-corrected chi connectivity index (χ3v) is 3.23. The summed E-state index contributed by atoms with van der Waals surface area (Å²) in [6, 6.07) is 9.08. The van der Waals surface area contributed by atoms with Gasteiger partial charge in [-0.1, -0.05) is 24.3 Å². The molecule has 0 aromatic heterocycles. The average molecular weight is 234 g/mol. The Hall–Kier alpha value is -0.860. The van der Waals surface area contributed by atoms with E-state index in [9.17, 15) is 0 Å². The molecule has 0 aliphatic rings. The normalized spacial score (nSPS) is 14.1. The van der Waals surface area contributed by atoms with Crippen molar-refractivity contribution >= 4 is 0 Å². The molecule has 1 aromatic carbocycles. The highest BCUT2D eigenvalue weighted by molar-refractivity contribution is 5.28. The molecule has 1 aromatic rings. The largest absolute Gasteiger partial charge is 0.326 e. The van der Waals surface area contributed by atoms with Gasteiger partial charge in [0.15, 0.2) is 0 Å². The molecule has 2 heteroatoms. The van der Waals surface area contributed by atoms with Gasteiger partial charge in [-0.3, -0.25) is 0 Å². The van der Waals surface area contributed by atoms with Crippen molar-refractivity contribution in [2.24, 2.45) is 5.73 Å². The second-order valence-electron chi connectivity index (χ2n) is 5.86. The van der Waals surface area contributed by atoms with Crippen molar-refractivity contribution in [1.82, 2.24) is 4.90 Å². The fourth-order valence-electron chi connectivity index (χ4n) is 2.16. The zero-order valence-electron chi connectivity index (χ0n) is 11.8. The Kier molecular flexibility index (Phi) is 4.72. The van der Waals surface area contributed by atoms with E-state index >= 15 is 0 Å². The second kappa shape index (κ2) is 5.65. The van der Waals surface area contributed by atoms with Crippen LogP contribution in [-0.4, -0.2) is 24.5 Å². The standard InChI is InChI=1S/C15H26N2/c1-12-8-6-7-9-13(12)14(17(4)5)10-11-15(2,3)16/h6-9,14H,10-11,16H2,1-5H3. The van der Waals surface area contributed by atoms with Crippen LogP contribution in [0.1, 0.15) is 43.9 Å². The molecule has 0 saturated carbocycles. The Morgan fingerprint density at radius 1 is 1.24 bits per heavy atom. The molecule has 0 radical (unpaired) electrons. The summed E-state index contributed by atoms with van der Waals surface area (Å²) in [6.07, 6.45) is 2.13. The van der Waals surface area contributed by atoms with Gasteiger partial charge in [0.2, 0.25) is 0 Å². The molecule has 0 bridgehead atoms. The van der Waals surface area contributed by atoms with Crippen LogP contribution in [0.25, 0.3) is 0 Å². The Labute approximate surface area is 106 Å². The monoisotopic (exact) mass is 234 g/mol. The second-order valence-corrected chi connectivity index (χ2v) is 5.86. The number of hydrogen-bond donors (Lipinski definition) is 1. The molecule has 1 atom stereocenters. The van der Waals surface area contributed by atoms with Crippen LogP contribution in [0.15, 0.2) is 24.3 Å². The minimum absolute atomic E-state index is 0.0864. The number of nitrogens with zero attached hydrogens (tertiary/aromatic N) is 1. The van der Waals surface area contributed by atoms with Crippen LogP contribution in [0.4, 0.5) is 0 Å². The highest BCUT2D eigenvalue weighted by Crippen LogP contribution is 2.28. The molecule has 1 rings (SSSR count). The van der Waals surface area contributed by atoms with Crippen molar-refractivity contribution in [2.45, 2.75) is 45.2 Å². The molecule has 96 valence electrons. The van der Waals surface area contributed by atoms with Crippen molar-refractivity contribution in [1.29, 1.82) is 0 Å². The minimum atomic E-state index is -0.0864.